The summed E-state index contributed by atoms with van der Waals surface area (Å²) in [4.78, 5) is 30.0. The van der Waals surface area contributed by atoms with Crippen molar-refractivity contribution in [1.82, 2.24) is 4.98 Å². The van der Waals surface area contributed by atoms with Gasteiger partial charge in [-0.1, -0.05) is 0 Å². The fraction of sp³-hybridized carbons (Fsp3) is 0.346. The smallest absolute Gasteiger partial charge is 0.339 e. The Morgan fingerprint density at radius 2 is 1.51 bits per heavy atom. The number of aromatic nitrogens is 1. The highest BCUT2D eigenvalue weighted by Gasteiger charge is 2.27. The molecule has 1 heterocycles. The molecule has 35 heavy (non-hydrogen) atoms. The number of benzene rings is 2. The Hall–Kier alpha value is -3.85. The SMILES string of the molecule is CCOc1cc2cc(C(=O)OC)c(C(=O)OC)c(-c3ccnc(OCCOC)c3)c2cc1OCC. The average Bonchev–Trinajstić information content (AvgIpc) is 2.87. The van der Waals surface area contributed by atoms with Crippen LogP contribution < -0.4 is 14.2 Å². The second kappa shape index (κ2) is 12.0. The second-order valence-corrected chi connectivity index (χ2v) is 7.27. The Bertz CT molecular complexity index is 1210. The molecule has 9 nitrogen and oxygen atoms in total. The molecule has 0 radical (unpaired) electrons. The molecule has 0 bridgehead atoms. The molecule has 0 spiro atoms. The standard InChI is InChI=1S/C26H29NO8/c1-6-33-20-13-17-12-19(25(28)31-4)24(26(29)32-5)23(18(17)15-21(20)34-7-2)16-8-9-27-22(14-16)35-11-10-30-3/h8-9,12-15H,6-7,10-11H2,1-5H3. The van der Waals surface area contributed by atoms with Gasteiger partial charge >= 0.3 is 11.9 Å². The fourth-order valence-electron chi connectivity index (χ4n) is 3.70. The third kappa shape index (κ3) is 5.63. The molecule has 1 aromatic heterocycles. The van der Waals surface area contributed by atoms with Crippen LogP contribution in [-0.4, -0.2) is 64.7 Å². The molecule has 0 aliphatic heterocycles. The monoisotopic (exact) mass is 483 g/mol. The van der Waals surface area contributed by atoms with Gasteiger partial charge in [-0.05, 0) is 54.4 Å². The Morgan fingerprint density at radius 3 is 2.14 bits per heavy atom. The van der Waals surface area contributed by atoms with Crippen molar-refractivity contribution in [2.45, 2.75) is 13.8 Å². The zero-order valence-corrected chi connectivity index (χ0v) is 20.5. The first-order valence-corrected chi connectivity index (χ1v) is 11.1. The highest BCUT2D eigenvalue weighted by molar-refractivity contribution is 6.16. The quantitative estimate of drug-likeness (QED) is 0.292. The van der Waals surface area contributed by atoms with Crippen molar-refractivity contribution in [3.8, 4) is 28.5 Å². The molecule has 0 N–H and O–H groups in total. The van der Waals surface area contributed by atoms with Crippen molar-refractivity contribution in [3.63, 3.8) is 0 Å². The summed E-state index contributed by atoms with van der Waals surface area (Å²) >= 11 is 0. The molecule has 0 fully saturated rings. The molecule has 3 rings (SSSR count). The maximum atomic E-state index is 13.0. The van der Waals surface area contributed by atoms with Crippen molar-refractivity contribution < 1.29 is 38.0 Å². The molecule has 0 aliphatic rings. The average molecular weight is 484 g/mol. The first-order chi connectivity index (χ1) is 17.0. The number of rotatable bonds is 11. The number of carbonyl (C=O) groups is 2. The van der Waals surface area contributed by atoms with Gasteiger partial charge in [0.15, 0.2) is 11.5 Å². The van der Waals surface area contributed by atoms with E-state index >= 15 is 0 Å². The molecule has 3 aromatic rings. The van der Waals surface area contributed by atoms with Crippen LogP contribution in [0.15, 0.2) is 36.5 Å². The largest absolute Gasteiger partial charge is 0.490 e. The van der Waals surface area contributed by atoms with Gasteiger partial charge in [0.2, 0.25) is 5.88 Å². The molecular formula is C26H29NO8. The van der Waals surface area contributed by atoms with E-state index in [9.17, 15) is 9.59 Å². The van der Waals surface area contributed by atoms with Gasteiger partial charge in [0.25, 0.3) is 0 Å². The minimum absolute atomic E-state index is 0.0621. The van der Waals surface area contributed by atoms with Crippen molar-refractivity contribution in [3.05, 3.63) is 47.7 Å². The number of carbonyl (C=O) groups excluding carboxylic acids is 2. The summed E-state index contributed by atoms with van der Waals surface area (Å²) < 4.78 is 32.3. The minimum atomic E-state index is -0.687. The van der Waals surface area contributed by atoms with E-state index in [0.717, 1.165) is 0 Å². The summed E-state index contributed by atoms with van der Waals surface area (Å²) in [6.07, 6.45) is 1.56. The zero-order chi connectivity index (χ0) is 25.4. The van der Waals surface area contributed by atoms with E-state index in [-0.39, 0.29) is 11.1 Å². The number of nitrogens with zero attached hydrogens (tertiary/aromatic N) is 1. The molecule has 0 amide bonds. The molecular weight excluding hydrogens is 454 g/mol. The third-order valence-corrected chi connectivity index (χ3v) is 5.16. The van der Waals surface area contributed by atoms with Gasteiger partial charge in [0.05, 0.1) is 45.2 Å². The predicted molar refractivity (Wildman–Crippen MR) is 130 cm³/mol. The van der Waals surface area contributed by atoms with Gasteiger partial charge in [0.1, 0.15) is 6.61 Å². The lowest BCUT2D eigenvalue weighted by atomic mass is 9.89. The third-order valence-electron chi connectivity index (χ3n) is 5.16. The Labute approximate surface area is 203 Å². The van der Waals surface area contributed by atoms with Crippen LogP contribution in [0.5, 0.6) is 17.4 Å². The van der Waals surface area contributed by atoms with Crippen LogP contribution in [0.3, 0.4) is 0 Å². The van der Waals surface area contributed by atoms with E-state index in [1.165, 1.54) is 14.2 Å². The maximum Gasteiger partial charge on any atom is 0.339 e. The van der Waals surface area contributed by atoms with Gasteiger partial charge in [-0.15, -0.1) is 0 Å². The molecule has 0 unspecified atom stereocenters. The van der Waals surface area contributed by atoms with Crippen LogP contribution in [0.25, 0.3) is 21.9 Å². The summed E-state index contributed by atoms with van der Waals surface area (Å²) in [5.74, 6) is 0.00453. The topological polar surface area (TPSA) is 102 Å². The number of fused-ring (bicyclic) bond motifs is 1. The Kier molecular flexibility index (Phi) is 8.86. The summed E-state index contributed by atoms with van der Waals surface area (Å²) in [7, 11) is 4.09. The number of ether oxygens (including phenoxy) is 6. The molecule has 0 saturated heterocycles. The lowest BCUT2D eigenvalue weighted by molar-refractivity contribution is 0.0556. The van der Waals surface area contributed by atoms with Crippen LogP contribution in [0.4, 0.5) is 0 Å². The predicted octanol–water partition coefficient (Wildman–Crippen LogP) is 4.30. The van der Waals surface area contributed by atoms with Crippen molar-refractivity contribution in [2.24, 2.45) is 0 Å². The van der Waals surface area contributed by atoms with Crippen LogP contribution in [0.1, 0.15) is 34.6 Å². The molecule has 2 aromatic carbocycles. The lowest BCUT2D eigenvalue weighted by Crippen LogP contribution is -2.14. The van der Waals surface area contributed by atoms with E-state index in [1.807, 2.05) is 13.8 Å². The summed E-state index contributed by atoms with van der Waals surface area (Å²) in [6.45, 7) is 5.26. The van der Waals surface area contributed by atoms with Gasteiger partial charge in [0, 0.05) is 24.9 Å². The molecule has 0 aliphatic carbocycles. The number of hydrogen-bond donors (Lipinski definition) is 0. The fourth-order valence-corrected chi connectivity index (χ4v) is 3.70. The molecule has 0 atom stereocenters. The van der Waals surface area contributed by atoms with Crippen molar-refractivity contribution in [2.75, 3.05) is 47.8 Å². The van der Waals surface area contributed by atoms with E-state index in [2.05, 4.69) is 4.98 Å². The lowest BCUT2D eigenvalue weighted by Gasteiger charge is -2.19. The van der Waals surface area contributed by atoms with Crippen LogP contribution in [0.2, 0.25) is 0 Å². The maximum absolute atomic E-state index is 13.0. The highest BCUT2D eigenvalue weighted by atomic mass is 16.5. The van der Waals surface area contributed by atoms with E-state index in [4.69, 9.17) is 28.4 Å². The summed E-state index contributed by atoms with van der Waals surface area (Å²) in [5.41, 5.74) is 1.17. The first-order valence-electron chi connectivity index (χ1n) is 11.1. The summed E-state index contributed by atoms with van der Waals surface area (Å²) in [6, 6.07) is 8.57. The summed E-state index contributed by atoms with van der Waals surface area (Å²) in [5, 5.41) is 1.30. The second-order valence-electron chi connectivity index (χ2n) is 7.27. The van der Waals surface area contributed by atoms with Crippen LogP contribution in [0, 0.1) is 0 Å². The minimum Gasteiger partial charge on any atom is -0.490 e. The van der Waals surface area contributed by atoms with Crippen LogP contribution >= 0.6 is 0 Å². The van der Waals surface area contributed by atoms with Gasteiger partial charge in [-0.3, -0.25) is 0 Å². The first kappa shape index (κ1) is 25.8. The van der Waals surface area contributed by atoms with Crippen molar-refractivity contribution in [1.29, 1.82) is 0 Å². The van der Waals surface area contributed by atoms with Gasteiger partial charge in [-0.25, -0.2) is 14.6 Å². The van der Waals surface area contributed by atoms with E-state index in [0.29, 0.717) is 65.7 Å². The van der Waals surface area contributed by atoms with Crippen LogP contribution in [-0.2, 0) is 14.2 Å². The number of methoxy groups -OCH3 is 3. The number of hydrogen-bond acceptors (Lipinski definition) is 9. The van der Waals surface area contributed by atoms with Gasteiger partial charge in [-0.2, -0.15) is 0 Å². The number of esters is 2. The zero-order valence-electron chi connectivity index (χ0n) is 20.5. The van der Waals surface area contributed by atoms with E-state index in [1.54, 1.807) is 43.6 Å². The molecule has 9 heteroatoms. The molecule has 0 saturated carbocycles. The normalized spacial score (nSPS) is 10.7. The highest BCUT2D eigenvalue weighted by Crippen LogP contribution is 2.41. The van der Waals surface area contributed by atoms with Gasteiger partial charge < -0.3 is 28.4 Å². The molecule has 186 valence electrons. The number of pyridine rings is 1. The van der Waals surface area contributed by atoms with E-state index < -0.39 is 11.9 Å². The van der Waals surface area contributed by atoms with Crippen molar-refractivity contribution >= 4 is 22.7 Å². The Balaban J connectivity index is 2.40. The Morgan fingerprint density at radius 1 is 0.829 bits per heavy atom.